The van der Waals surface area contributed by atoms with Gasteiger partial charge in [0.05, 0.1) is 12.3 Å². The molecule has 0 atom stereocenters. The first-order chi connectivity index (χ1) is 9.65. The molecule has 1 amide bonds. The predicted molar refractivity (Wildman–Crippen MR) is 80.3 cm³/mol. The van der Waals surface area contributed by atoms with Crippen molar-refractivity contribution in [2.75, 3.05) is 37.7 Å². The molecule has 6 heteroatoms. The Bertz CT molecular complexity index is 499. The van der Waals surface area contributed by atoms with Crippen LogP contribution >= 0.6 is 15.9 Å². The minimum Gasteiger partial charge on any atom is -0.450 e. The van der Waals surface area contributed by atoms with Crippen LogP contribution in [0.4, 0.5) is 10.5 Å². The zero-order valence-corrected chi connectivity index (χ0v) is 12.9. The Balaban J connectivity index is 2.00. The molecule has 1 aliphatic heterocycles. The van der Waals surface area contributed by atoms with Gasteiger partial charge in [-0.2, -0.15) is 0 Å². The van der Waals surface area contributed by atoms with E-state index in [1.165, 1.54) is 0 Å². The molecule has 1 saturated heterocycles. The fourth-order valence-corrected chi connectivity index (χ4v) is 2.84. The third-order valence-corrected chi connectivity index (χ3v) is 3.89. The minimum atomic E-state index is -0.248. The Hall–Kier alpha value is -1.56. The number of hydrogen-bond donors (Lipinski definition) is 0. The van der Waals surface area contributed by atoms with Gasteiger partial charge in [-0.05, 0) is 41.1 Å². The van der Waals surface area contributed by atoms with Crippen LogP contribution in [0.5, 0.6) is 0 Å². The van der Waals surface area contributed by atoms with Crippen LogP contribution < -0.4 is 4.90 Å². The summed E-state index contributed by atoms with van der Waals surface area (Å²) in [7, 11) is 0. The van der Waals surface area contributed by atoms with E-state index in [1.54, 1.807) is 24.0 Å². The van der Waals surface area contributed by atoms with Crippen molar-refractivity contribution in [1.82, 2.24) is 4.90 Å². The normalized spacial score (nSPS) is 15.1. The van der Waals surface area contributed by atoms with Crippen molar-refractivity contribution in [2.45, 2.75) is 6.92 Å². The number of halogens is 1. The second kappa shape index (κ2) is 6.74. The van der Waals surface area contributed by atoms with E-state index in [4.69, 9.17) is 4.74 Å². The van der Waals surface area contributed by atoms with Crippen molar-refractivity contribution in [3.8, 4) is 0 Å². The number of aldehydes is 1. The second-order valence-electron chi connectivity index (χ2n) is 4.50. The topological polar surface area (TPSA) is 49.9 Å². The lowest BCUT2D eigenvalue weighted by Crippen LogP contribution is -2.49. The molecular formula is C14H17BrN2O3. The van der Waals surface area contributed by atoms with Gasteiger partial charge in [0.1, 0.15) is 6.29 Å². The molecule has 2 rings (SSSR count). The van der Waals surface area contributed by atoms with Gasteiger partial charge in [0, 0.05) is 36.2 Å². The van der Waals surface area contributed by atoms with Gasteiger partial charge >= 0.3 is 6.09 Å². The zero-order chi connectivity index (χ0) is 14.5. The number of rotatable bonds is 3. The number of amides is 1. The Morgan fingerprint density at radius 2 is 2.05 bits per heavy atom. The van der Waals surface area contributed by atoms with Crippen molar-refractivity contribution < 1.29 is 14.3 Å². The Morgan fingerprint density at radius 3 is 2.60 bits per heavy atom. The first-order valence-electron chi connectivity index (χ1n) is 6.57. The van der Waals surface area contributed by atoms with Gasteiger partial charge in [-0.25, -0.2) is 4.79 Å². The third kappa shape index (κ3) is 3.30. The summed E-state index contributed by atoms with van der Waals surface area (Å²) in [5, 5.41) is 0. The molecule has 0 N–H and O–H groups in total. The maximum Gasteiger partial charge on any atom is 0.409 e. The van der Waals surface area contributed by atoms with E-state index in [9.17, 15) is 9.59 Å². The van der Waals surface area contributed by atoms with E-state index in [1.807, 2.05) is 6.07 Å². The summed E-state index contributed by atoms with van der Waals surface area (Å²) in [6, 6.07) is 5.53. The number of anilines is 1. The van der Waals surface area contributed by atoms with E-state index in [2.05, 4.69) is 20.8 Å². The second-order valence-corrected chi connectivity index (χ2v) is 5.36. The molecule has 0 unspecified atom stereocenters. The smallest absolute Gasteiger partial charge is 0.409 e. The molecule has 1 heterocycles. The largest absolute Gasteiger partial charge is 0.450 e. The lowest BCUT2D eigenvalue weighted by atomic mass is 10.2. The first-order valence-corrected chi connectivity index (χ1v) is 7.36. The Morgan fingerprint density at radius 1 is 1.35 bits per heavy atom. The monoisotopic (exact) mass is 340 g/mol. The van der Waals surface area contributed by atoms with Crippen LogP contribution in [-0.2, 0) is 4.74 Å². The molecule has 1 aliphatic rings. The van der Waals surface area contributed by atoms with E-state index in [0.29, 0.717) is 25.3 Å². The summed E-state index contributed by atoms with van der Waals surface area (Å²) < 4.78 is 5.89. The average Bonchev–Trinajstić information content (AvgIpc) is 2.47. The van der Waals surface area contributed by atoms with Crippen LogP contribution in [0.1, 0.15) is 17.3 Å². The van der Waals surface area contributed by atoms with E-state index < -0.39 is 0 Å². The van der Waals surface area contributed by atoms with Gasteiger partial charge in [0.25, 0.3) is 0 Å². The van der Waals surface area contributed by atoms with Crippen molar-refractivity contribution >= 4 is 34.0 Å². The highest BCUT2D eigenvalue weighted by atomic mass is 79.9. The van der Waals surface area contributed by atoms with Gasteiger partial charge < -0.3 is 14.5 Å². The lowest BCUT2D eigenvalue weighted by Gasteiger charge is -2.35. The number of nitrogens with zero attached hydrogens (tertiary/aromatic N) is 2. The predicted octanol–water partition coefficient (Wildman–Crippen LogP) is 2.54. The van der Waals surface area contributed by atoms with Gasteiger partial charge in [0.15, 0.2) is 0 Å². The first kappa shape index (κ1) is 14.8. The van der Waals surface area contributed by atoms with Crippen LogP contribution in [0, 0.1) is 0 Å². The van der Waals surface area contributed by atoms with Crippen LogP contribution in [0.2, 0.25) is 0 Å². The molecule has 1 aromatic rings. The highest BCUT2D eigenvalue weighted by Crippen LogP contribution is 2.27. The molecule has 0 saturated carbocycles. The highest BCUT2D eigenvalue weighted by Gasteiger charge is 2.22. The Labute approximate surface area is 126 Å². The summed E-state index contributed by atoms with van der Waals surface area (Å²) in [6.45, 7) is 4.98. The molecule has 0 aromatic heterocycles. The van der Waals surface area contributed by atoms with E-state index in [-0.39, 0.29) is 6.09 Å². The fraction of sp³-hybridized carbons (Fsp3) is 0.429. The zero-order valence-electron chi connectivity index (χ0n) is 11.3. The van der Waals surface area contributed by atoms with Crippen LogP contribution in [0.3, 0.4) is 0 Å². The molecule has 108 valence electrons. The number of hydrogen-bond acceptors (Lipinski definition) is 4. The van der Waals surface area contributed by atoms with E-state index >= 15 is 0 Å². The van der Waals surface area contributed by atoms with Gasteiger partial charge in [-0.1, -0.05) is 0 Å². The number of ether oxygens (including phenoxy) is 1. The third-order valence-electron chi connectivity index (χ3n) is 3.25. The number of benzene rings is 1. The maximum absolute atomic E-state index is 11.6. The average molecular weight is 341 g/mol. The molecule has 5 nitrogen and oxygen atoms in total. The lowest BCUT2D eigenvalue weighted by molar-refractivity contribution is 0.105. The summed E-state index contributed by atoms with van der Waals surface area (Å²) in [5.41, 5.74) is 1.69. The van der Waals surface area contributed by atoms with Crippen molar-refractivity contribution in [3.05, 3.63) is 28.2 Å². The minimum absolute atomic E-state index is 0.248. The standard InChI is InChI=1S/C14H17BrN2O3/c1-2-20-14(19)17-7-5-16(6-8-17)13-4-3-11(10-18)9-12(13)15/h3-4,9-10H,2,5-8H2,1H3. The summed E-state index contributed by atoms with van der Waals surface area (Å²) in [6.07, 6.45) is 0.579. The molecular weight excluding hydrogens is 324 g/mol. The number of carbonyl (C=O) groups excluding carboxylic acids is 2. The van der Waals surface area contributed by atoms with Crippen molar-refractivity contribution in [3.63, 3.8) is 0 Å². The molecule has 0 radical (unpaired) electrons. The molecule has 0 bridgehead atoms. The highest BCUT2D eigenvalue weighted by molar-refractivity contribution is 9.10. The summed E-state index contributed by atoms with van der Waals surface area (Å²) in [4.78, 5) is 26.3. The molecule has 0 spiro atoms. The maximum atomic E-state index is 11.6. The van der Waals surface area contributed by atoms with Crippen molar-refractivity contribution in [2.24, 2.45) is 0 Å². The fourth-order valence-electron chi connectivity index (χ4n) is 2.20. The molecule has 1 aromatic carbocycles. The van der Waals surface area contributed by atoms with Crippen molar-refractivity contribution in [1.29, 1.82) is 0 Å². The quantitative estimate of drug-likeness (QED) is 0.793. The van der Waals surface area contributed by atoms with Gasteiger partial charge in [-0.15, -0.1) is 0 Å². The SMILES string of the molecule is CCOC(=O)N1CCN(c2ccc(C=O)cc2Br)CC1. The van der Waals surface area contributed by atoms with E-state index in [0.717, 1.165) is 29.5 Å². The number of piperazine rings is 1. The molecule has 0 aliphatic carbocycles. The summed E-state index contributed by atoms with van der Waals surface area (Å²) in [5.74, 6) is 0. The van der Waals surface area contributed by atoms with Crippen LogP contribution in [0.15, 0.2) is 22.7 Å². The molecule has 20 heavy (non-hydrogen) atoms. The number of carbonyl (C=O) groups is 2. The van der Waals surface area contributed by atoms with Gasteiger partial charge in [0.2, 0.25) is 0 Å². The Kier molecular flexibility index (Phi) is 5.00. The van der Waals surface area contributed by atoms with Crippen LogP contribution in [-0.4, -0.2) is 50.1 Å². The molecule has 1 fully saturated rings. The van der Waals surface area contributed by atoms with Gasteiger partial charge in [-0.3, -0.25) is 4.79 Å². The summed E-state index contributed by atoms with van der Waals surface area (Å²) >= 11 is 3.49. The van der Waals surface area contributed by atoms with Crippen LogP contribution in [0.25, 0.3) is 0 Å².